The predicted molar refractivity (Wildman–Crippen MR) is 60.4 cm³/mol. The molecule has 1 aliphatic rings. The quantitative estimate of drug-likeness (QED) is 0.703. The van der Waals surface area contributed by atoms with Gasteiger partial charge in [-0.1, -0.05) is 20.8 Å². The Morgan fingerprint density at radius 3 is 2.47 bits per heavy atom. The molecule has 1 amide bonds. The van der Waals surface area contributed by atoms with Gasteiger partial charge in [0, 0.05) is 12.5 Å². The van der Waals surface area contributed by atoms with E-state index in [4.69, 9.17) is 0 Å². The molecule has 3 heteroatoms. The fraction of sp³-hybridized carbons (Fsp3) is 0.917. The van der Waals surface area contributed by atoms with E-state index in [0.29, 0.717) is 18.4 Å². The van der Waals surface area contributed by atoms with Gasteiger partial charge in [-0.3, -0.25) is 4.79 Å². The molecule has 3 nitrogen and oxygen atoms in total. The Balaban J connectivity index is 2.15. The minimum Gasteiger partial charge on any atom is -0.391 e. The molecule has 0 bridgehead atoms. The molecule has 1 fully saturated rings. The highest BCUT2D eigenvalue weighted by Gasteiger charge is 2.32. The molecule has 0 radical (unpaired) electrons. The Bertz CT molecular complexity index is 212. The first-order chi connectivity index (χ1) is 7.00. The number of aliphatic hydroxyl groups excluding tert-OH is 1. The number of hydrogen-bond donors (Lipinski definition) is 2. The third-order valence-electron chi connectivity index (χ3n) is 3.00. The third-order valence-corrected chi connectivity index (χ3v) is 3.00. The number of carbonyl (C=O) groups is 1. The number of rotatable bonds is 6. The SMILES string of the molecule is CC(C)CC(O)CNC(=O)C(C)C1CC1. The van der Waals surface area contributed by atoms with Crippen LogP contribution in [0.4, 0.5) is 0 Å². The summed E-state index contributed by atoms with van der Waals surface area (Å²) < 4.78 is 0. The summed E-state index contributed by atoms with van der Waals surface area (Å²) in [6, 6.07) is 0. The summed E-state index contributed by atoms with van der Waals surface area (Å²) in [4.78, 5) is 11.6. The van der Waals surface area contributed by atoms with Crippen LogP contribution in [0.5, 0.6) is 0 Å². The van der Waals surface area contributed by atoms with Crippen LogP contribution in [0.15, 0.2) is 0 Å². The van der Waals surface area contributed by atoms with E-state index in [2.05, 4.69) is 19.2 Å². The van der Waals surface area contributed by atoms with Crippen molar-refractivity contribution in [3.63, 3.8) is 0 Å². The molecule has 0 spiro atoms. The second kappa shape index (κ2) is 5.50. The molecule has 2 unspecified atom stereocenters. The molecule has 15 heavy (non-hydrogen) atoms. The summed E-state index contributed by atoms with van der Waals surface area (Å²) in [6.07, 6.45) is 2.71. The van der Waals surface area contributed by atoms with E-state index >= 15 is 0 Å². The van der Waals surface area contributed by atoms with E-state index in [1.165, 1.54) is 12.8 Å². The van der Waals surface area contributed by atoms with E-state index in [9.17, 15) is 9.90 Å². The molecule has 1 aliphatic carbocycles. The molecule has 2 atom stereocenters. The summed E-state index contributed by atoms with van der Waals surface area (Å²) in [5.41, 5.74) is 0. The van der Waals surface area contributed by atoms with Crippen LogP contribution >= 0.6 is 0 Å². The van der Waals surface area contributed by atoms with Crippen LogP contribution in [-0.4, -0.2) is 23.7 Å². The Labute approximate surface area is 92.3 Å². The molecule has 0 aliphatic heterocycles. The lowest BCUT2D eigenvalue weighted by Crippen LogP contribution is -2.36. The first kappa shape index (κ1) is 12.5. The van der Waals surface area contributed by atoms with E-state index in [-0.39, 0.29) is 11.8 Å². The average Bonchev–Trinajstić information content (AvgIpc) is 2.95. The first-order valence-electron chi connectivity index (χ1n) is 5.96. The van der Waals surface area contributed by atoms with Gasteiger partial charge in [0.2, 0.25) is 5.91 Å². The van der Waals surface area contributed by atoms with Crippen LogP contribution in [0.25, 0.3) is 0 Å². The van der Waals surface area contributed by atoms with Gasteiger partial charge < -0.3 is 10.4 Å². The highest BCUT2D eigenvalue weighted by molar-refractivity contribution is 5.78. The number of aliphatic hydroxyl groups is 1. The zero-order valence-corrected chi connectivity index (χ0v) is 9.99. The summed E-state index contributed by atoms with van der Waals surface area (Å²) >= 11 is 0. The van der Waals surface area contributed by atoms with E-state index < -0.39 is 6.10 Å². The van der Waals surface area contributed by atoms with E-state index in [1.54, 1.807) is 0 Å². The van der Waals surface area contributed by atoms with E-state index in [1.807, 2.05) is 6.92 Å². The zero-order chi connectivity index (χ0) is 11.4. The van der Waals surface area contributed by atoms with Crippen molar-refractivity contribution in [1.82, 2.24) is 5.32 Å². The monoisotopic (exact) mass is 213 g/mol. The number of nitrogens with one attached hydrogen (secondary N) is 1. The van der Waals surface area contributed by atoms with Crippen molar-refractivity contribution in [2.45, 2.75) is 46.1 Å². The largest absolute Gasteiger partial charge is 0.391 e. The molecular weight excluding hydrogens is 190 g/mol. The summed E-state index contributed by atoms with van der Waals surface area (Å²) in [5, 5.41) is 12.4. The van der Waals surface area contributed by atoms with Gasteiger partial charge in [-0.25, -0.2) is 0 Å². The van der Waals surface area contributed by atoms with Crippen molar-refractivity contribution in [2.75, 3.05) is 6.54 Å². The summed E-state index contributed by atoms with van der Waals surface area (Å²) in [7, 11) is 0. The molecule has 1 rings (SSSR count). The first-order valence-corrected chi connectivity index (χ1v) is 5.96. The van der Waals surface area contributed by atoms with Crippen molar-refractivity contribution < 1.29 is 9.90 Å². The zero-order valence-electron chi connectivity index (χ0n) is 9.99. The highest BCUT2D eigenvalue weighted by Crippen LogP contribution is 2.36. The lowest BCUT2D eigenvalue weighted by molar-refractivity contribution is -0.125. The maximum Gasteiger partial charge on any atom is 0.223 e. The Morgan fingerprint density at radius 1 is 1.40 bits per heavy atom. The Morgan fingerprint density at radius 2 is 2.00 bits per heavy atom. The maximum absolute atomic E-state index is 11.6. The third kappa shape index (κ3) is 4.65. The van der Waals surface area contributed by atoms with Gasteiger partial charge in [0.25, 0.3) is 0 Å². The van der Waals surface area contributed by atoms with Crippen LogP contribution < -0.4 is 5.32 Å². The Kier molecular flexibility index (Phi) is 4.58. The smallest absolute Gasteiger partial charge is 0.223 e. The lowest BCUT2D eigenvalue weighted by Gasteiger charge is -2.16. The minimum absolute atomic E-state index is 0.0975. The normalized spacial score (nSPS) is 20.1. The lowest BCUT2D eigenvalue weighted by atomic mass is 10.0. The molecule has 1 saturated carbocycles. The number of amides is 1. The highest BCUT2D eigenvalue weighted by atomic mass is 16.3. The molecule has 88 valence electrons. The van der Waals surface area contributed by atoms with Crippen LogP contribution in [0.3, 0.4) is 0 Å². The van der Waals surface area contributed by atoms with Gasteiger partial charge in [-0.15, -0.1) is 0 Å². The molecule has 2 N–H and O–H groups in total. The van der Waals surface area contributed by atoms with Gasteiger partial charge in [0.15, 0.2) is 0 Å². The molecule has 0 aromatic rings. The average molecular weight is 213 g/mol. The standard InChI is InChI=1S/C12H23NO2/c1-8(2)6-11(14)7-13-12(15)9(3)10-4-5-10/h8-11,14H,4-7H2,1-3H3,(H,13,15). The van der Waals surface area contributed by atoms with Gasteiger partial charge in [0.1, 0.15) is 0 Å². The van der Waals surface area contributed by atoms with Crippen molar-refractivity contribution >= 4 is 5.91 Å². The molecular formula is C12H23NO2. The fourth-order valence-electron chi connectivity index (χ4n) is 1.82. The number of carbonyl (C=O) groups excluding carboxylic acids is 1. The molecule has 0 saturated heterocycles. The van der Waals surface area contributed by atoms with Crippen molar-refractivity contribution in [3.05, 3.63) is 0 Å². The Hall–Kier alpha value is -0.570. The van der Waals surface area contributed by atoms with Gasteiger partial charge >= 0.3 is 0 Å². The topological polar surface area (TPSA) is 49.3 Å². The summed E-state index contributed by atoms with van der Waals surface area (Å²) in [6.45, 7) is 6.51. The van der Waals surface area contributed by atoms with Crippen molar-refractivity contribution in [2.24, 2.45) is 17.8 Å². The molecule has 0 heterocycles. The van der Waals surface area contributed by atoms with E-state index in [0.717, 1.165) is 6.42 Å². The van der Waals surface area contributed by atoms with Crippen molar-refractivity contribution in [1.29, 1.82) is 0 Å². The van der Waals surface area contributed by atoms with Crippen LogP contribution in [0.2, 0.25) is 0 Å². The van der Waals surface area contributed by atoms with Crippen LogP contribution in [-0.2, 0) is 4.79 Å². The van der Waals surface area contributed by atoms with Crippen LogP contribution in [0, 0.1) is 17.8 Å². The van der Waals surface area contributed by atoms with Gasteiger partial charge in [-0.2, -0.15) is 0 Å². The second-order valence-corrected chi connectivity index (χ2v) is 5.15. The summed E-state index contributed by atoms with van der Waals surface area (Å²) in [5.74, 6) is 1.28. The van der Waals surface area contributed by atoms with Gasteiger partial charge in [-0.05, 0) is 31.1 Å². The van der Waals surface area contributed by atoms with Crippen molar-refractivity contribution in [3.8, 4) is 0 Å². The van der Waals surface area contributed by atoms with Crippen LogP contribution in [0.1, 0.15) is 40.0 Å². The number of hydrogen-bond acceptors (Lipinski definition) is 2. The second-order valence-electron chi connectivity index (χ2n) is 5.15. The molecule has 0 aromatic carbocycles. The predicted octanol–water partition coefficient (Wildman–Crippen LogP) is 1.56. The molecule has 0 aromatic heterocycles. The maximum atomic E-state index is 11.6. The van der Waals surface area contributed by atoms with Gasteiger partial charge in [0.05, 0.1) is 6.10 Å². The fourth-order valence-corrected chi connectivity index (χ4v) is 1.82. The minimum atomic E-state index is -0.402.